The Balaban J connectivity index is 3.02. The molecule has 0 amide bonds. The Morgan fingerprint density at radius 2 is 2.12 bits per heavy atom. The van der Waals surface area contributed by atoms with Crippen LogP contribution in [-0.2, 0) is 10.0 Å². The number of nitrogens with one attached hydrogen (secondary N) is 1. The predicted molar refractivity (Wildman–Crippen MR) is 68.8 cm³/mol. The van der Waals surface area contributed by atoms with Crippen molar-refractivity contribution in [2.24, 2.45) is 0 Å². The number of nitrogen functional groups attached to an aromatic ring is 1. The molecule has 0 aromatic heterocycles. The van der Waals surface area contributed by atoms with E-state index in [1.807, 2.05) is 0 Å². The van der Waals surface area contributed by atoms with Gasteiger partial charge in [-0.05, 0) is 37.6 Å². The molecule has 1 unspecified atom stereocenters. The van der Waals surface area contributed by atoms with E-state index in [9.17, 15) is 8.42 Å². The molecule has 1 aromatic carbocycles. The fourth-order valence-corrected chi connectivity index (χ4v) is 2.86. The van der Waals surface area contributed by atoms with Gasteiger partial charge in [0.2, 0.25) is 10.0 Å². The normalized spacial score (nSPS) is 13.0. The molecule has 5 heteroatoms. The number of sulfonamides is 1. The highest BCUT2D eigenvalue weighted by Gasteiger charge is 2.17. The molecule has 0 aliphatic rings. The monoisotopic (exact) mass is 252 g/mol. The highest BCUT2D eigenvalue weighted by atomic mass is 32.2. The summed E-state index contributed by atoms with van der Waals surface area (Å²) in [5.41, 5.74) is 6.85. The van der Waals surface area contributed by atoms with E-state index >= 15 is 0 Å². The lowest BCUT2D eigenvalue weighted by atomic mass is 10.2. The van der Waals surface area contributed by atoms with Gasteiger partial charge in [0, 0.05) is 18.2 Å². The first-order chi connectivity index (χ1) is 7.85. The SMILES string of the molecule is C#CCC(C)NS(=O)(=O)c1cc(C)cc(N)c1. The minimum Gasteiger partial charge on any atom is -0.399 e. The Bertz CT molecular complexity index is 524. The quantitative estimate of drug-likeness (QED) is 0.626. The molecule has 0 saturated carbocycles. The van der Waals surface area contributed by atoms with E-state index in [0.717, 1.165) is 5.56 Å². The maximum atomic E-state index is 12.0. The first kappa shape index (κ1) is 13.6. The van der Waals surface area contributed by atoms with Gasteiger partial charge < -0.3 is 5.73 Å². The lowest BCUT2D eigenvalue weighted by Gasteiger charge is -2.12. The van der Waals surface area contributed by atoms with Gasteiger partial charge in [-0.2, -0.15) is 0 Å². The van der Waals surface area contributed by atoms with Crippen molar-refractivity contribution in [3.63, 3.8) is 0 Å². The second-order valence-corrected chi connectivity index (χ2v) is 5.72. The van der Waals surface area contributed by atoms with Crippen molar-refractivity contribution in [3.8, 4) is 12.3 Å². The number of hydrogen-bond acceptors (Lipinski definition) is 3. The summed E-state index contributed by atoms with van der Waals surface area (Å²) in [6, 6.07) is 4.41. The third-order valence-corrected chi connectivity index (χ3v) is 3.73. The van der Waals surface area contributed by atoms with Crippen LogP contribution in [0.3, 0.4) is 0 Å². The Morgan fingerprint density at radius 3 is 2.65 bits per heavy atom. The van der Waals surface area contributed by atoms with Crippen LogP contribution in [0.5, 0.6) is 0 Å². The van der Waals surface area contributed by atoms with Crippen LogP contribution in [0.1, 0.15) is 18.9 Å². The molecular weight excluding hydrogens is 236 g/mol. The van der Waals surface area contributed by atoms with Gasteiger partial charge in [0.25, 0.3) is 0 Å². The van der Waals surface area contributed by atoms with Gasteiger partial charge in [-0.15, -0.1) is 12.3 Å². The van der Waals surface area contributed by atoms with Crippen LogP contribution in [0.4, 0.5) is 5.69 Å². The molecule has 92 valence electrons. The summed E-state index contributed by atoms with van der Waals surface area (Å²) >= 11 is 0. The van der Waals surface area contributed by atoms with Gasteiger partial charge in [0.05, 0.1) is 4.90 Å². The molecule has 4 nitrogen and oxygen atoms in total. The smallest absolute Gasteiger partial charge is 0.240 e. The van der Waals surface area contributed by atoms with Crippen molar-refractivity contribution in [2.45, 2.75) is 31.2 Å². The van der Waals surface area contributed by atoms with Gasteiger partial charge in [0.1, 0.15) is 0 Å². The Labute approximate surface area is 102 Å². The zero-order chi connectivity index (χ0) is 13.1. The molecule has 0 spiro atoms. The summed E-state index contributed by atoms with van der Waals surface area (Å²) in [6.45, 7) is 3.51. The third kappa shape index (κ3) is 3.77. The second-order valence-electron chi connectivity index (χ2n) is 4.01. The largest absolute Gasteiger partial charge is 0.399 e. The van der Waals surface area contributed by atoms with Gasteiger partial charge in [0.15, 0.2) is 0 Å². The summed E-state index contributed by atoms with van der Waals surface area (Å²) in [5, 5.41) is 0. The lowest BCUT2D eigenvalue weighted by Crippen LogP contribution is -2.32. The van der Waals surface area contributed by atoms with Crippen LogP contribution in [0.15, 0.2) is 23.1 Å². The van der Waals surface area contributed by atoms with Crippen molar-refractivity contribution in [1.29, 1.82) is 0 Å². The Morgan fingerprint density at radius 1 is 1.47 bits per heavy atom. The minimum atomic E-state index is -3.55. The first-order valence-corrected chi connectivity index (χ1v) is 6.66. The summed E-state index contributed by atoms with van der Waals surface area (Å²) in [6.07, 6.45) is 5.48. The first-order valence-electron chi connectivity index (χ1n) is 5.18. The van der Waals surface area contributed by atoms with Crippen LogP contribution in [-0.4, -0.2) is 14.5 Å². The molecule has 0 aliphatic heterocycles. The van der Waals surface area contributed by atoms with E-state index in [2.05, 4.69) is 10.6 Å². The topological polar surface area (TPSA) is 72.2 Å². The van der Waals surface area contributed by atoms with E-state index in [1.165, 1.54) is 6.07 Å². The second kappa shape index (κ2) is 5.21. The molecule has 0 fully saturated rings. The van der Waals surface area contributed by atoms with E-state index in [1.54, 1.807) is 26.0 Å². The average Bonchev–Trinajstić information content (AvgIpc) is 2.15. The number of aryl methyl sites for hydroxylation is 1. The molecule has 1 rings (SSSR count). The summed E-state index contributed by atoms with van der Waals surface area (Å²) in [5.74, 6) is 2.41. The van der Waals surface area contributed by atoms with Crippen LogP contribution in [0.2, 0.25) is 0 Å². The number of anilines is 1. The van der Waals surface area contributed by atoms with E-state index in [-0.39, 0.29) is 10.9 Å². The molecule has 0 radical (unpaired) electrons. The van der Waals surface area contributed by atoms with Gasteiger partial charge in [-0.3, -0.25) is 0 Å². The van der Waals surface area contributed by atoms with Crippen molar-refractivity contribution in [3.05, 3.63) is 23.8 Å². The fraction of sp³-hybridized carbons (Fsp3) is 0.333. The Kier molecular flexibility index (Phi) is 4.16. The average molecular weight is 252 g/mol. The highest BCUT2D eigenvalue weighted by Crippen LogP contribution is 2.16. The standard InChI is InChI=1S/C12H16N2O2S/c1-4-5-10(3)14-17(15,16)12-7-9(2)6-11(13)8-12/h1,6-8,10,14H,5,13H2,2-3H3. The highest BCUT2D eigenvalue weighted by molar-refractivity contribution is 7.89. The maximum absolute atomic E-state index is 12.0. The molecule has 1 atom stereocenters. The number of rotatable bonds is 4. The molecule has 0 saturated heterocycles. The van der Waals surface area contributed by atoms with E-state index in [4.69, 9.17) is 12.2 Å². The van der Waals surface area contributed by atoms with Crippen LogP contribution in [0, 0.1) is 19.3 Å². The molecule has 0 bridgehead atoms. The lowest BCUT2D eigenvalue weighted by molar-refractivity contribution is 0.563. The van der Waals surface area contributed by atoms with Crippen molar-refractivity contribution in [1.82, 2.24) is 4.72 Å². The van der Waals surface area contributed by atoms with Crippen LogP contribution < -0.4 is 10.5 Å². The van der Waals surface area contributed by atoms with Crippen molar-refractivity contribution in [2.75, 3.05) is 5.73 Å². The third-order valence-electron chi connectivity index (χ3n) is 2.16. The van der Waals surface area contributed by atoms with Gasteiger partial charge in [-0.1, -0.05) is 0 Å². The molecule has 3 N–H and O–H groups in total. The fourth-order valence-electron chi connectivity index (χ4n) is 1.48. The molecule has 0 heterocycles. The number of terminal acetylenes is 1. The minimum absolute atomic E-state index is 0.166. The molecule has 0 aliphatic carbocycles. The number of benzene rings is 1. The maximum Gasteiger partial charge on any atom is 0.240 e. The van der Waals surface area contributed by atoms with Crippen molar-refractivity contribution >= 4 is 15.7 Å². The molecule has 1 aromatic rings. The molecular formula is C12H16N2O2S. The van der Waals surface area contributed by atoms with Gasteiger partial charge >= 0.3 is 0 Å². The summed E-state index contributed by atoms with van der Waals surface area (Å²) in [7, 11) is -3.55. The zero-order valence-corrected chi connectivity index (χ0v) is 10.7. The van der Waals surface area contributed by atoms with Crippen molar-refractivity contribution < 1.29 is 8.42 Å². The predicted octanol–water partition coefficient (Wildman–Crippen LogP) is 1.27. The summed E-state index contributed by atoms with van der Waals surface area (Å²) < 4.78 is 26.5. The molecule has 17 heavy (non-hydrogen) atoms. The summed E-state index contributed by atoms with van der Waals surface area (Å²) in [4.78, 5) is 0.166. The van der Waals surface area contributed by atoms with E-state index in [0.29, 0.717) is 12.1 Å². The van der Waals surface area contributed by atoms with E-state index < -0.39 is 10.0 Å². The number of hydrogen-bond donors (Lipinski definition) is 2. The number of nitrogens with two attached hydrogens (primary N) is 1. The van der Waals surface area contributed by atoms with Crippen LogP contribution >= 0.6 is 0 Å². The zero-order valence-electron chi connectivity index (χ0n) is 9.90. The van der Waals surface area contributed by atoms with Gasteiger partial charge in [-0.25, -0.2) is 13.1 Å². The van der Waals surface area contributed by atoms with Crippen LogP contribution in [0.25, 0.3) is 0 Å². The Hall–Kier alpha value is -1.51.